The lowest BCUT2D eigenvalue weighted by Gasteiger charge is -2.24. The van der Waals surface area contributed by atoms with Gasteiger partial charge in [-0.25, -0.2) is 0 Å². The van der Waals surface area contributed by atoms with Crippen LogP contribution in [0.5, 0.6) is 0 Å². The van der Waals surface area contributed by atoms with Crippen molar-refractivity contribution in [1.29, 1.82) is 0 Å². The second-order valence-corrected chi connectivity index (χ2v) is 8.49. The van der Waals surface area contributed by atoms with Gasteiger partial charge < -0.3 is 13.3 Å². The third-order valence-electron chi connectivity index (χ3n) is 3.57. The molecule has 0 aromatic rings. The highest BCUT2D eigenvalue weighted by Gasteiger charge is 2.36. The van der Waals surface area contributed by atoms with Gasteiger partial charge in [0.25, 0.3) is 0 Å². The molecule has 0 amide bonds. The molecule has 0 aliphatic rings. The summed E-state index contributed by atoms with van der Waals surface area (Å²) in [6.07, 6.45) is 11.8. The molecular formula is C14H32O3SSi. The Morgan fingerprint density at radius 2 is 1.00 bits per heavy atom. The smallest absolute Gasteiger partial charge is 0.377 e. The molecule has 0 saturated carbocycles. The van der Waals surface area contributed by atoms with Crippen molar-refractivity contribution in [3.05, 3.63) is 0 Å². The van der Waals surface area contributed by atoms with E-state index in [4.69, 9.17) is 13.3 Å². The lowest BCUT2D eigenvalue weighted by molar-refractivity contribution is 0.122. The summed E-state index contributed by atoms with van der Waals surface area (Å²) in [6, 6.07) is 0.929. The standard InChI is InChI=1S/C14H32O3SSi/c1-15-19(16-2,17-3)14-12-10-8-6-4-5-7-9-11-13-18/h18H,4-14H2,1-3H3. The van der Waals surface area contributed by atoms with Crippen LogP contribution in [0, 0.1) is 0 Å². The molecule has 0 aromatic heterocycles. The van der Waals surface area contributed by atoms with Gasteiger partial charge in [-0.1, -0.05) is 44.9 Å². The highest BCUT2D eigenvalue weighted by atomic mass is 32.1. The third kappa shape index (κ3) is 9.90. The van der Waals surface area contributed by atoms with Crippen molar-refractivity contribution in [2.75, 3.05) is 27.1 Å². The van der Waals surface area contributed by atoms with Gasteiger partial charge in [-0.3, -0.25) is 0 Å². The first-order chi connectivity index (χ1) is 9.24. The molecule has 5 heteroatoms. The van der Waals surface area contributed by atoms with Crippen molar-refractivity contribution in [2.24, 2.45) is 0 Å². The second kappa shape index (κ2) is 13.4. The average Bonchev–Trinajstić information content (AvgIpc) is 2.46. The van der Waals surface area contributed by atoms with Crippen molar-refractivity contribution < 1.29 is 13.3 Å². The third-order valence-corrected chi connectivity index (χ3v) is 6.72. The largest absolute Gasteiger partial charge is 0.500 e. The maximum Gasteiger partial charge on any atom is 0.500 e. The Kier molecular flexibility index (Phi) is 13.7. The molecule has 0 aliphatic heterocycles. The second-order valence-electron chi connectivity index (χ2n) is 4.95. The van der Waals surface area contributed by atoms with E-state index in [1.165, 1.54) is 51.4 Å². The van der Waals surface area contributed by atoms with Crippen LogP contribution < -0.4 is 0 Å². The summed E-state index contributed by atoms with van der Waals surface area (Å²) in [5.74, 6) is 1.03. The Morgan fingerprint density at radius 3 is 1.37 bits per heavy atom. The molecule has 0 N–H and O–H groups in total. The topological polar surface area (TPSA) is 27.7 Å². The SMILES string of the molecule is CO[Si](CCCCCCCCCCCS)(OC)OC. The highest BCUT2D eigenvalue weighted by molar-refractivity contribution is 7.80. The number of hydrogen-bond acceptors (Lipinski definition) is 4. The minimum atomic E-state index is -2.31. The molecular weight excluding hydrogens is 276 g/mol. The molecule has 0 bridgehead atoms. The number of thiol groups is 1. The molecule has 0 rings (SSSR count). The minimum absolute atomic E-state index is 0.929. The Bertz CT molecular complexity index is 181. The summed E-state index contributed by atoms with van der Waals surface area (Å²) in [5, 5.41) is 0. The summed E-state index contributed by atoms with van der Waals surface area (Å²) < 4.78 is 16.2. The quantitative estimate of drug-likeness (QED) is 0.294. The number of hydrogen-bond donors (Lipinski definition) is 1. The van der Waals surface area contributed by atoms with Crippen molar-refractivity contribution in [3.8, 4) is 0 Å². The maximum absolute atomic E-state index is 5.41. The van der Waals surface area contributed by atoms with Crippen LogP contribution in [-0.2, 0) is 13.3 Å². The first-order valence-electron chi connectivity index (χ1n) is 7.51. The molecule has 0 fully saturated rings. The average molecular weight is 309 g/mol. The molecule has 0 spiro atoms. The first-order valence-corrected chi connectivity index (χ1v) is 10.1. The fraction of sp³-hybridized carbons (Fsp3) is 1.00. The van der Waals surface area contributed by atoms with Crippen molar-refractivity contribution in [3.63, 3.8) is 0 Å². The van der Waals surface area contributed by atoms with E-state index in [9.17, 15) is 0 Å². The van der Waals surface area contributed by atoms with Crippen LogP contribution >= 0.6 is 12.6 Å². The lowest BCUT2D eigenvalue weighted by atomic mass is 10.1. The van der Waals surface area contributed by atoms with Gasteiger partial charge in [0.05, 0.1) is 0 Å². The molecule has 116 valence electrons. The lowest BCUT2D eigenvalue weighted by Crippen LogP contribution is -2.42. The molecule has 0 saturated heterocycles. The summed E-state index contributed by atoms with van der Waals surface area (Å²) >= 11 is 4.22. The molecule has 0 aromatic carbocycles. The predicted molar refractivity (Wildman–Crippen MR) is 87.0 cm³/mol. The summed E-state index contributed by atoms with van der Waals surface area (Å²) in [5.41, 5.74) is 0. The monoisotopic (exact) mass is 308 g/mol. The minimum Gasteiger partial charge on any atom is -0.377 e. The number of rotatable bonds is 14. The van der Waals surface area contributed by atoms with Gasteiger partial charge in [0.1, 0.15) is 0 Å². The molecule has 19 heavy (non-hydrogen) atoms. The molecule has 0 unspecified atom stereocenters. The normalized spacial score (nSPS) is 12.0. The molecule has 0 atom stereocenters. The summed E-state index contributed by atoms with van der Waals surface area (Å²) in [7, 11) is 2.74. The van der Waals surface area contributed by atoms with Crippen LogP contribution in [0.1, 0.15) is 57.8 Å². The molecule has 0 radical (unpaired) electrons. The van der Waals surface area contributed by atoms with E-state index in [0.29, 0.717) is 0 Å². The fourth-order valence-corrected chi connectivity index (χ4v) is 4.27. The molecule has 0 aliphatic carbocycles. The zero-order chi connectivity index (χ0) is 14.4. The van der Waals surface area contributed by atoms with E-state index in [1.54, 1.807) is 21.3 Å². The van der Waals surface area contributed by atoms with E-state index < -0.39 is 8.80 Å². The van der Waals surface area contributed by atoms with Gasteiger partial charge >= 0.3 is 8.80 Å². The van der Waals surface area contributed by atoms with Gasteiger partial charge in [0.15, 0.2) is 0 Å². The first kappa shape index (κ1) is 19.4. The zero-order valence-corrected chi connectivity index (χ0v) is 14.8. The molecule has 3 nitrogen and oxygen atoms in total. The van der Waals surface area contributed by atoms with Gasteiger partial charge in [-0.05, 0) is 18.6 Å². The predicted octanol–water partition coefficient (Wildman–Crippen LogP) is 4.31. The van der Waals surface area contributed by atoms with Crippen LogP contribution in [0.25, 0.3) is 0 Å². The van der Waals surface area contributed by atoms with Crippen molar-refractivity contribution in [1.82, 2.24) is 0 Å². The zero-order valence-electron chi connectivity index (χ0n) is 13.0. The summed E-state index contributed by atoms with van der Waals surface area (Å²) in [4.78, 5) is 0. The Hall–Kier alpha value is 0.447. The van der Waals surface area contributed by atoms with Crippen LogP contribution in [0.4, 0.5) is 0 Å². The Labute approximate surface area is 126 Å². The van der Waals surface area contributed by atoms with Crippen molar-refractivity contribution >= 4 is 21.4 Å². The Balaban J connectivity index is 3.35. The van der Waals surface area contributed by atoms with Crippen molar-refractivity contribution in [2.45, 2.75) is 63.8 Å². The Morgan fingerprint density at radius 1 is 0.632 bits per heavy atom. The van der Waals surface area contributed by atoms with E-state index in [2.05, 4.69) is 12.6 Å². The molecule has 0 heterocycles. The van der Waals surface area contributed by atoms with Crippen LogP contribution in [0.15, 0.2) is 0 Å². The number of unbranched alkanes of at least 4 members (excludes halogenated alkanes) is 8. The van der Waals surface area contributed by atoms with Crippen LogP contribution in [0.2, 0.25) is 6.04 Å². The van der Waals surface area contributed by atoms with E-state index in [-0.39, 0.29) is 0 Å². The fourth-order valence-electron chi connectivity index (χ4n) is 2.25. The van der Waals surface area contributed by atoms with E-state index in [1.807, 2.05) is 0 Å². The van der Waals surface area contributed by atoms with Gasteiger partial charge in [0, 0.05) is 27.4 Å². The van der Waals surface area contributed by atoms with Crippen LogP contribution in [0.3, 0.4) is 0 Å². The van der Waals surface area contributed by atoms with Gasteiger partial charge in [-0.2, -0.15) is 12.6 Å². The summed E-state index contributed by atoms with van der Waals surface area (Å²) in [6.45, 7) is 0. The maximum atomic E-state index is 5.41. The highest BCUT2D eigenvalue weighted by Crippen LogP contribution is 2.18. The van der Waals surface area contributed by atoms with Gasteiger partial charge in [0.2, 0.25) is 0 Å². The van der Waals surface area contributed by atoms with E-state index >= 15 is 0 Å². The van der Waals surface area contributed by atoms with Crippen LogP contribution in [-0.4, -0.2) is 35.9 Å². The van der Waals surface area contributed by atoms with E-state index in [0.717, 1.165) is 18.2 Å². The van der Waals surface area contributed by atoms with Gasteiger partial charge in [-0.15, -0.1) is 0 Å².